The molecular weight excluding hydrogens is 308 g/mol. The fourth-order valence-electron chi connectivity index (χ4n) is 2.56. The van der Waals surface area contributed by atoms with Crippen molar-refractivity contribution >= 4 is 12.1 Å². The standard InChI is InChI=1S/C18H26N2O4/c1-18(2,3)24-17(22)20-10-9-15(12-20)19-11-13-5-7-14(8-6-13)16(21)23-4/h5-8,15,19H,9-12H2,1-4H3. The number of hydrogen-bond donors (Lipinski definition) is 1. The van der Waals surface area contributed by atoms with E-state index in [4.69, 9.17) is 4.74 Å². The molecule has 1 atom stereocenters. The SMILES string of the molecule is COC(=O)c1ccc(CNC2CCN(C(=O)OC(C)(C)C)C2)cc1. The zero-order valence-electron chi connectivity index (χ0n) is 14.8. The molecule has 1 aliphatic rings. The fraction of sp³-hybridized carbons (Fsp3) is 0.556. The van der Waals surface area contributed by atoms with Gasteiger partial charge in [-0.05, 0) is 44.9 Å². The van der Waals surface area contributed by atoms with Crippen molar-refractivity contribution < 1.29 is 19.1 Å². The van der Waals surface area contributed by atoms with Crippen LogP contribution in [0.2, 0.25) is 0 Å². The maximum atomic E-state index is 12.0. The van der Waals surface area contributed by atoms with Crippen molar-refractivity contribution in [3.8, 4) is 0 Å². The second kappa shape index (κ2) is 7.66. The third-order valence-electron chi connectivity index (χ3n) is 3.81. The zero-order chi connectivity index (χ0) is 17.7. The molecular formula is C18H26N2O4. The number of likely N-dealkylation sites (tertiary alicyclic amines) is 1. The Kier molecular flexibility index (Phi) is 5.83. The van der Waals surface area contributed by atoms with E-state index in [-0.39, 0.29) is 18.1 Å². The first-order valence-electron chi connectivity index (χ1n) is 8.17. The number of rotatable bonds is 4. The first-order chi connectivity index (χ1) is 11.3. The second-order valence-corrected chi connectivity index (χ2v) is 6.98. The Morgan fingerprint density at radius 1 is 1.25 bits per heavy atom. The summed E-state index contributed by atoms with van der Waals surface area (Å²) in [5.74, 6) is -0.335. The summed E-state index contributed by atoms with van der Waals surface area (Å²) in [4.78, 5) is 25.2. The zero-order valence-corrected chi connectivity index (χ0v) is 14.8. The molecule has 1 N–H and O–H groups in total. The monoisotopic (exact) mass is 334 g/mol. The second-order valence-electron chi connectivity index (χ2n) is 6.98. The Morgan fingerprint density at radius 2 is 1.92 bits per heavy atom. The molecule has 6 heteroatoms. The van der Waals surface area contributed by atoms with Crippen LogP contribution >= 0.6 is 0 Å². The van der Waals surface area contributed by atoms with Crippen LogP contribution in [0.15, 0.2) is 24.3 Å². The molecule has 0 saturated carbocycles. The molecule has 2 rings (SSSR count). The third-order valence-corrected chi connectivity index (χ3v) is 3.81. The highest BCUT2D eigenvalue weighted by Gasteiger charge is 2.29. The highest BCUT2D eigenvalue weighted by molar-refractivity contribution is 5.89. The lowest BCUT2D eigenvalue weighted by Gasteiger charge is -2.24. The lowest BCUT2D eigenvalue weighted by atomic mass is 10.1. The number of ether oxygens (including phenoxy) is 2. The topological polar surface area (TPSA) is 67.9 Å². The average Bonchev–Trinajstić information content (AvgIpc) is 3.00. The number of amides is 1. The molecule has 1 amide bonds. The summed E-state index contributed by atoms with van der Waals surface area (Å²) >= 11 is 0. The van der Waals surface area contributed by atoms with Gasteiger partial charge in [0.05, 0.1) is 12.7 Å². The predicted molar refractivity (Wildman–Crippen MR) is 90.8 cm³/mol. The van der Waals surface area contributed by atoms with Crippen molar-refractivity contribution in [2.45, 2.75) is 45.4 Å². The van der Waals surface area contributed by atoms with E-state index in [1.807, 2.05) is 32.9 Å². The van der Waals surface area contributed by atoms with E-state index in [9.17, 15) is 9.59 Å². The third kappa shape index (κ3) is 5.23. The molecule has 1 aliphatic heterocycles. The molecule has 0 spiro atoms. The number of carbonyl (C=O) groups excluding carboxylic acids is 2. The van der Waals surface area contributed by atoms with Crippen LogP contribution in [0.1, 0.15) is 43.1 Å². The van der Waals surface area contributed by atoms with E-state index in [1.165, 1.54) is 7.11 Å². The summed E-state index contributed by atoms with van der Waals surface area (Å²) in [6, 6.07) is 7.56. The van der Waals surface area contributed by atoms with Gasteiger partial charge in [-0.15, -0.1) is 0 Å². The number of esters is 1. The van der Waals surface area contributed by atoms with Gasteiger partial charge in [0.15, 0.2) is 0 Å². The van der Waals surface area contributed by atoms with Crippen LogP contribution in [0.25, 0.3) is 0 Å². The molecule has 0 aliphatic carbocycles. The fourth-order valence-corrected chi connectivity index (χ4v) is 2.56. The molecule has 1 unspecified atom stereocenters. The van der Waals surface area contributed by atoms with E-state index >= 15 is 0 Å². The van der Waals surface area contributed by atoms with Crippen molar-refractivity contribution in [3.05, 3.63) is 35.4 Å². The van der Waals surface area contributed by atoms with Gasteiger partial charge in [0.1, 0.15) is 5.60 Å². The smallest absolute Gasteiger partial charge is 0.410 e. The van der Waals surface area contributed by atoms with Gasteiger partial charge >= 0.3 is 12.1 Å². The van der Waals surface area contributed by atoms with Gasteiger partial charge in [0.2, 0.25) is 0 Å². The van der Waals surface area contributed by atoms with Crippen LogP contribution in [0.3, 0.4) is 0 Å². The summed E-state index contributed by atoms with van der Waals surface area (Å²) in [6.45, 7) is 7.65. The highest BCUT2D eigenvalue weighted by atomic mass is 16.6. The molecule has 1 heterocycles. The summed E-state index contributed by atoms with van der Waals surface area (Å²) in [5.41, 5.74) is 1.15. The van der Waals surface area contributed by atoms with Gasteiger partial charge in [0.25, 0.3) is 0 Å². The molecule has 0 bridgehead atoms. The molecule has 0 aromatic heterocycles. The van der Waals surface area contributed by atoms with Crippen molar-refractivity contribution in [1.29, 1.82) is 0 Å². The highest BCUT2D eigenvalue weighted by Crippen LogP contribution is 2.16. The lowest BCUT2D eigenvalue weighted by molar-refractivity contribution is 0.0290. The van der Waals surface area contributed by atoms with Crippen LogP contribution in [0.4, 0.5) is 4.79 Å². The summed E-state index contributed by atoms with van der Waals surface area (Å²) in [6.07, 6.45) is 0.647. The average molecular weight is 334 g/mol. The maximum Gasteiger partial charge on any atom is 0.410 e. The lowest BCUT2D eigenvalue weighted by Crippen LogP contribution is -2.38. The van der Waals surface area contributed by atoms with Crippen molar-refractivity contribution in [1.82, 2.24) is 10.2 Å². The van der Waals surface area contributed by atoms with Crippen LogP contribution in [0, 0.1) is 0 Å². The van der Waals surface area contributed by atoms with E-state index in [0.717, 1.165) is 12.0 Å². The minimum Gasteiger partial charge on any atom is -0.465 e. The predicted octanol–water partition coefficient (Wildman–Crippen LogP) is 2.57. The van der Waals surface area contributed by atoms with Gasteiger partial charge < -0.3 is 19.7 Å². The van der Waals surface area contributed by atoms with Gasteiger partial charge in [-0.25, -0.2) is 9.59 Å². The molecule has 6 nitrogen and oxygen atoms in total. The maximum absolute atomic E-state index is 12.0. The number of benzene rings is 1. The minimum absolute atomic E-state index is 0.248. The number of methoxy groups -OCH3 is 1. The van der Waals surface area contributed by atoms with Gasteiger partial charge in [-0.2, -0.15) is 0 Å². The molecule has 24 heavy (non-hydrogen) atoms. The Bertz CT molecular complexity index is 578. The summed E-state index contributed by atoms with van der Waals surface area (Å²) in [5, 5.41) is 3.44. The van der Waals surface area contributed by atoms with Crippen LogP contribution < -0.4 is 5.32 Å². The first-order valence-corrected chi connectivity index (χ1v) is 8.17. The van der Waals surface area contributed by atoms with E-state index in [2.05, 4.69) is 10.1 Å². The Balaban J connectivity index is 1.79. The molecule has 1 fully saturated rings. The molecule has 1 saturated heterocycles. The van der Waals surface area contributed by atoms with Crippen molar-refractivity contribution in [2.24, 2.45) is 0 Å². The molecule has 1 aromatic rings. The summed E-state index contributed by atoms with van der Waals surface area (Å²) in [7, 11) is 1.37. The van der Waals surface area contributed by atoms with Gasteiger partial charge in [-0.3, -0.25) is 0 Å². The van der Waals surface area contributed by atoms with Crippen LogP contribution in [-0.4, -0.2) is 48.8 Å². The summed E-state index contributed by atoms with van der Waals surface area (Å²) < 4.78 is 10.1. The first kappa shape index (κ1) is 18.3. The Hall–Kier alpha value is -2.08. The van der Waals surface area contributed by atoms with Crippen LogP contribution in [0.5, 0.6) is 0 Å². The Morgan fingerprint density at radius 3 is 2.50 bits per heavy atom. The normalized spacial score (nSPS) is 17.7. The van der Waals surface area contributed by atoms with Crippen molar-refractivity contribution in [2.75, 3.05) is 20.2 Å². The van der Waals surface area contributed by atoms with Crippen LogP contribution in [-0.2, 0) is 16.0 Å². The minimum atomic E-state index is -0.468. The van der Waals surface area contributed by atoms with E-state index < -0.39 is 5.60 Å². The number of nitrogens with zero attached hydrogens (tertiary/aromatic N) is 1. The Labute approximate surface area is 143 Å². The largest absolute Gasteiger partial charge is 0.465 e. The van der Waals surface area contributed by atoms with Crippen molar-refractivity contribution in [3.63, 3.8) is 0 Å². The van der Waals surface area contributed by atoms with E-state index in [0.29, 0.717) is 25.2 Å². The van der Waals surface area contributed by atoms with E-state index in [1.54, 1.807) is 17.0 Å². The molecule has 132 valence electrons. The molecule has 1 aromatic carbocycles. The molecule has 0 radical (unpaired) electrons. The number of nitrogens with one attached hydrogen (secondary N) is 1. The van der Waals surface area contributed by atoms with Gasteiger partial charge in [-0.1, -0.05) is 12.1 Å². The number of hydrogen-bond acceptors (Lipinski definition) is 5. The quantitative estimate of drug-likeness (QED) is 0.857. The number of carbonyl (C=O) groups is 2. The van der Waals surface area contributed by atoms with Gasteiger partial charge in [0, 0.05) is 25.7 Å².